The van der Waals surface area contributed by atoms with Crippen LogP contribution in [0.4, 0.5) is 0 Å². The third-order valence-electron chi connectivity index (χ3n) is 4.70. The predicted molar refractivity (Wildman–Crippen MR) is 94.3 cm³/mol. The Hall–Kier alpha value is -0.420. The monoisotopic (exact) mass is 312 g/mol. The Morgan fingerprint density at radius 1 is 1.19 bits per heavy atom. The fraction of sp³-hybridized carbons (Fsp3) is 0.938. The molecule has 0 aromatic carbocycles. The number of likely N-dealkylation sites (tertiary alicyclic amines) is 1. The first-order chi connectivity index (χ1) is 10.3. The van der Waals surface area contributed by atoms with Crippen molar-refractivity contribution in [1.82, 2.24) is 15.5 Å². The van der Waals surface area contributed by atoms with Crippen LogP contribution in [-0.2, 0) is 0 Å². The minimum atomic E-state index is 0.604. The molecule has 2 unspecified atom stereocenters. The zero-order valence-corrected chi connectivity index (χ0v) is 14.6. The summed E-state index contributed by atoms with van der Waals surface area (Å²) in [6.07, 6.45) is 11.7. The minimum Gasteiger partial charge on any atom is -0.355 e. The smallest absolute Gasteiger partial charge is 0.191 e. The molecule has 0 aromatic heterocycles. The summed E-state index contributed by atoms with van der Waals surface area (Å²) in [6, 6.07) is 0.604. The van der Waals surface area contributed by atoms with Gasteiger partial charge in [-0.25, -0.2) is 0 Å². The molecule has 0 aromatic rings. The van der Waals surface area contributed by atoms with Gasteiger partial charge in [-0.15, -0.1) is 0 Å². The fourth-order valence-corrected chi connectivity index (χ4v) is 4.16. The van der Waals surface area contributed by atoms with Gasteiger partial charge in [0.25, 0.3) is 0 Å². The molecule has 1 aliphatic heterocycles. The van der Waals surface area contributed by atoms with Crippen molar-refractivity contribution in [2.24, 2.45) is 4.99 Å². The molecule has 0 spiro atoms. The van der Waals surface area contributed by atoms with Gasteiger partial charge in [0.1, 0.15) is 0 Å². The van der Waals surface area contributed by atoms with Crippen LogP contribution in [-0.4, -0.2) is 61.6 Å². The van der Waals surface area contributed by atoms with Crippen molar-refractivity contribution in [3.05, 3.63) is 0 Å². The zero-order chi connectivity index (χ0) is 14.9. The molecule has 2 fully saturated rings. The highest BCUT2D eigenvalue weighted by molar-refractivity contribution is 7.99. The first-order valence-electron chi connectivity index (χ1n) is 8.54. The van der Waals surface area contributed by atoms with Gasteiger partial charge in [-0.3, -0.25) is 4.99 Å². The van der Waals surface area contributed by atoms with Gasteiger partial charge in [0.2, 0.25) is 0 Å². The SMILES string of the molecule is CN=C(NCCN1CCCCCC1)NC1CCC(SC)C1. The van der Waals surface area contributed by atoms with E-state index in [4.69, 9.17) is 0 Å². The number of thioether (sulfide) groups is 1. The highest BCUT2D eigenvalue weighted by atomic mass is 32.2. The van der Waals surface area contributed by atoms with E-state index in [0.29, 0.717) is 6.04 Å². The van der Waals surface area contributed by atoms with Gasteiger partial charge in [0.15, 0.2) is 5.96 Å². The molecule has 1 aliphatic carbocycles. The van der Waals surface area contributed by atoms with Crippen LogP contribution in [0.3, 0.4) is 0 Å². The number of hydrogen-bond acceptors (Lipinski definition) is 3. The third kappa shape index (κ3) is 6.07. The molecular formula is C16H32N4S. The van der Waals surface area contributed by atoms with Crippen molar-refractivity contribution in [2.75, 3.05) is 39.5 Å². The maximum Gasteiger partial charge on any atom is 0.191 e. The molecular weight excluding hydrogens is 280 g/mol. The molecule has 1 saturated carbocycles. The number of nitrogens with one attached hydrogen (secondary N) is 2. The topological polar surface area (TPSA) is 39.7 Å². The molecule has 21 heavy (non-hydrogen) atoms. The van der Waals surface area contributed by atoms with E-state index in [1.54, 1.807) is 0 Å². The summed E-state index contributed by atoms with van der Waals surface area (Å²) >= 11 is 2.00. The highest BCUT2D eigenvalue weighted by Gasteiger charge is 2.24. The van der Waals surface area contributed by atoms with Gasteiger partial charge < -0.3 is 15.5 Å². The van der Waals surface area contributed by atoms with Crippen LogP contribution < -0.4 is 10.6 Å². The molecule has 0 bridgehead atoms. The fourth-order valence-electron chi connectivity index (χ4n) is 3.37. The van der Waals surface area contributed by atoms with Gasteiger partial charge in [0.05, 0.1) is 0 Å². The number of hydrogen-bond donors (Lipinski definition) is 2. The molecule has 2 atom stereocenters. The molecule has 0 amide bonds. The zero-order valence-electron chi connectivity index (χ0n) is 13.7. The van der Waals surface area contributed by atoms with Gasteiger partial charge in [-0.05, 0) is 51.4 Å². The summed E-state index contributed by atoms with van der Waals surface area (Å²) in [6.45, 7) is 4.68. The average molecular weight is 313 g/mol. The minimum absolute atomic E-state index is 0.604. The van der Waals surface area contributed by atoms with Crippen LogP contribution in [0.1, 0.15) is 44.9 Å². The first-order valence-corrected chi connectivity index (χ1v) is 9.83. The summed E-state index contributed by atoms with van der Waals surface area (Å²) in [5.74, 6) is 0.983. The molecule has 0 radical (unpaired) electrons. The van der Waals surface area contributed by atoms with E-state index in [1.807, 2.05) is 18.8 Å². The van der Waals surface area contributed by atoms with E-state index in [0.717, 1.165) is 24.3 Å². The van der Waals surface area contributed by atoms with Crippen LogP contribution in [0, 0.1) is 0 Å². The van der Waals surface area contributed by atoms with Crippen molar-refractivity contribution in [2.45, 2.75) is 56.2 Å². The van der Waals surface area contributed by atoms with Gasteiger partial charge >= 0.3 is 0 Å². The Bertz CT molecular complexity index is 313. The van der Waals surface area contributed by atoms with Gasteiger partial charge in [0, 0.05) is 31.4 Å². The van der Waals surface area contributed by atoms with Crippen LogP contribution in [0.5, 0.6) is 0 Å². The van der Waals surface area contributed by atoms with Crippen molar-refractivity contribution in [3.63, 3.8) is 0 Å². The number of guanidine groups is 1. The van der Waals surface area contributed by atoms with E-state index in [2.05, 4.69) is 26.8 Å². The van der Waals surface area contributed by atoms with Crippen LogP contribution in [0.2, 0.25) is 0 Å². The summed E-state index contributed by atoms with van der Waals surface area (Å²) in [5.41, 5.74) is 0. The lowest BCUT2D eigenvalue weighted by Crippen LogP contribution is -2.45. The van der Waals surface area contributed by atoms with Crippen LogP contribution >= 0.6 is 11.8 Å². The predicted octanol–water partition coefficient (Wildman–Crippen LogP) is 2.31. The maximum atomic E-state index is 4.37. The van der Waals surface area contributed by atoms with Crippen molar-refractivity contribution < 1.29 is 0 Å². The van der Waals surface area contributed by atoms with Crippen molar-refractivity contribution in [3.8, 4) is 0 Å². The quantitative estimate of drug-likeness (QED) is 0.604. The van der Waals surface area contributed by atoms with Crippen LogP contribution in [0.25, 0.3) is 0 Å². The largest absolute Gasteiger partial charge is 0.355 e. The van der Waals surface area contributed by atoms with E-state index in [1.165, 1.54) is 58.0 Å². The van der Waals surface area contributed by atoms with E-state index in [9.17, 15) is 0 Å². The summed E-state index contributed by atoms with van der Waals surface area (Å²) in [4.78, 5) is 6.96. The molecule has 2 aliphatic rings. The van der Waals surface area contributed by atoms with Gasteiger partial charge in [-0.2, -0.15) is 11.8 Å². The summed E-state index contributed by atoms with van der Waals surface area (Å²) in [5, 5.41) is 7.91. The molecule has 5 heteroatoms. The lowest BCUT2D eigenvalue weighted by atomic mass is 10.2. The Kier molecular flexibility index (Phi) is 7.72. The van der Waals surface area contributed by atoms with Gasteiger partial charge in [-0.1, -0.05) is 12.8 Å². The number of nitrogens with zero attached hydrogens (tertiary/aromatic N) is 2. The summed E-state index contributed by atoms with van der Waals surface area (Å²) < 4.78 is 0. The molecule has 2 N–H and O–H groups in total. The molecule has 4 nitrogen and oxygen atoms in total. The normalized spacial score (nSPS) is 28.4. The van der Waals surface area contributed by atoms with E-state index in [-0.39, 0.29) is 0 Å². The Labute approximate surface area is 134 Å². The van der Waals surface area contributed by atoms with Crippen molar-refractivity contribution >= 4 is 17.7 Å². The average Bonchev–Trinajstić information content (AvgIpc) is 2.80. The van der Waals surface area contributed by atoms with E-state index >= 15 is 0 Å². The first kappa shape index (κ1) is 16.9. The molecule has 1 saturated heterocycles. The molecule has 1 heterocycles. The molecule has 122 valence electrons. The Morgan fingerprint density at radius 2 is 1.95 bits per heavy atom. The second kappa shape index (κ2) is 9.57. The number of aliphatic imine (C=N–C) groups is 1. The Balaban J connectivity index is 1.63. The highest BCUT2D eigenvalue weighted by Crippen LogP contribution is 2.27. The second-order valence-corrected chi connectivity index (χ2v) is 7.40. The molecule has 2 rings (SSSR count). The van der Waals surface area contributed by atoms with Crippen molar-refractivity contribution in [1.29, 1.82) is 0 Å². The lowest BCUT2D eigenvalue weighted by Gasteiger charge is -2.22. The third-order valence-corrected chi connectivity index (χ3v) is 5.80. The van der Waals surface area contributed by atoms with Crippen LogP contribution in [0.15, 0.2) is 4.99 Å². The standard InChI is InChI=1S/C16H32N4S/c1-17-16(19-14-7-8-15(13-14)21-2)18-9-12-20-10-5-3-4-6-11-20/h14-15H,3-13H2,1-2H3,(H2,17,18,19). The lowest BCUT2D eigenvalue weighted by molar-refractivity contribution is 0.289. The summed E-state index contributed by atoms with van der Waals surface area (Å²) in [7, 11) is 1.88. The second-order valence-electron chi connectivity index (χ2n) is 6.27. The maximum absolute atomic E-state index is 4.37. The van der Waals surface area contributed by atoms with E-state index < -0.39 is 0 Å². The number of rotatable bonds is 5. The Morgan fingerprint density at radius 3 is 2.57 bits per heavy atom.